The van der Waals surface area contributed by atoms with Crippen LogP contribution in [0.25, 0.3) is 0 Å². The summed E-state index contributed by atoms with van der Waals surface area (Å²) in [6.07, 6.45) is 3.53. The number of carboxylic acids is 1. The zero-order valence-corrected chi connectivity index (χ0v) is 24.8. The lowest BCUT2D eigenvalue weighted by Gasteiger charge is -2.36. The Morgan fingerprint density at radius 2 is 1.57 bits per heavy atom. The van der Waals surface area contributed by atoms with Crippen molar-refractivity contribution >= 4 is 11.9 Å². The minimum absolute atomic E-state index is 0.0223. The molecule has 0 aromatic heterocycles. The fourth-order valence-corrected chi connectivity index (χ4v) is 5.42. The van der Waals surface area contributed by atoms with Crippen LogP contribution in [0.4, 0.5) is 0 Å². The number of aryl methyl sites for hydroxylation is 1. The molecule has 0 spiro atoms. The lowest BCUT2D eigenvalue weighted by atomic mass is 9.86. The number of ether oxygens (including phenoxy) is 1. The number of carbonyl (C=O) groups is 2. The molecule has 1 aliphatic rings. The van der Waals surface area contributed by atoms with Gasteiger partial charge in [-0.25, -0.2) is 0 Å². The second-order valence-corrected chi connectivity index (χ2v) is 13.0. The molecule has 0 saturated carbocycles. The lowest BCUT2D eigenvalue weighted by molar-refractivity contribution is -0.137. The molecule has 3 aromatic rings. The summed E-state index contributed by atoms with van der Waals surface area (Å²) in [5, 5.41) is 9.52. The van der Waals surface area contributed by atoms with Gasteiger partial charge in [0.25, 0.3) is 5.91 Å². The molecular weight excluding hydrogens is 498 g/mol. The molecule has 5 heteroatoms. The molecule has 40 heavy (non-hydrogen) atoms. The Hall–Kier alpha value is -3.60. The van der Waals surface area contributed by atoms with E-state index in [2.05, 4.69) is 65.8 Å². The van der Waals surface area contributed by atoms with E-state index in [4.69, 9.17) is 4.74 Å². The van der Waals surface area contributed by atoms with Crippen LogP contribution in [0, 0.1) is 5.92 Å². The molecule has 0 saturated heterocycles. The van der Waals surface area contributed by atoms with Gasteiger partial charge in [0.1, 0.15) is 17.9 Å². The van der Waals surface area contributed by atoms with Crippen LogP contribution in [0.2, 0.25) is 0 Å². The van der Waals surface area contributed by atoms with Crippen molar-refractivity contribution in [2.24, 2.45) is 5.92 Å². The minimum atomic E-state index is -1.03. The van der Waals surface area contributed by atoms with E-state index in [1.165, 1.54) is 21.6 Å². The van der Waals surface area contributed by atoms with Crippen molar-refractivity contribution in [3.63, 3.8) is 0 Å². The van der Waals surface area contributed by atoms with Gasteiger partial charge in [0.05, 0.1) is 0 Å². The molecule has 5 nitrogen and oxygen atoms in total. The number of aliphatic carboxylic acids is 1. The molecule has 3 aromatic carbocycles. The van der Waals surface area contributed by atoms with Crippen molar-refractivity contribution in [2.45, 2.75) is 84.8 Å². The zero-order chi connectivity index (χ0) is 29.1. The number of carboxylic acid groups (broad SMARTS) is 1. The van der Waals surface area contributed by atoms with Gasteiger partial charge in [0.15, 0.2) is 0 Å². The van der Waals surface area contributed by atoms with E-state index in [0.717, 1.165) is 42.6 Å². The average molecular weight is 542 g/mol. The van der Waals surface area contributed by atoms with Crippen LogP contribution < -0.4 is 4.74 Å². The standard InChI is InChI=1S/C35H43NO4/c1-24(2)19-25-7-9-26(10-8-25)21-35(6)18-17-28-20-29(13-16-31(28)40-35)33(39)36(23-32(37)38)22-27-11-14-30(15-12-27)34(3,4)5/h7-16,20,24H,17-19,21-23H2,1-6H3,(H,37,38)/t35-/m1/s1. The van der Waals surface area contributed by atoms with E-state index in [0.29, 0.717) is 11.5 Å². The molecule has 212 valence electrons. The summed E-state index contributed by atoms with van der Waals surface area (Å²) in [7, 11) is 0. The maximum absolute atomic E-state index is 13.5. The first-order valence-electron chi connectivity index (χ1n) is 14.3. The third-order valence-corrected chi connectivity index (χ3v) is 7.64. The molecule has 1 atom stereocenters. The minimum Gasteiger partial charge on any atom is -0.487 e. The molecule has 0 aliphatic carbocycles. The predicted molar refractivity (Wildman–Crippen MR) is 160 cm³/mol. The number of hydrogen-bond acceptors (Lipinski definition) is 3. The first-order chi connectivity index (χ1) is 18.8. The average Bonchev–Trinajstić information content (AvgIpc) is 2.88. The predicted octanol–water partition coefficient (Wildman–Crippen LogP) is 7.24. The van der Waals surface area contributed by atoms with Crippen molar-refractivity contribution in [1.29, 1.82) is 0 Å². The molecule has 0 unspecified atom stereocenters. The lowest BCUT2D eigenvalue weighted by Crippen LogP contribution is -2.39. The summed E-state index contributed by atoms with van der Waals surface area (Å²) in [6.45, 7) is 12.9. The fraction of sp³-hybridized carbons (Fsp3) is 0.429. The van der Waals surface area contributed by atoms with Crippen molar-refractivity contribution in [2.75, 3.05) is 6.54 Å². The quantitative estimate of drug-likeness (QED) is 0.310. The molecule has 1 N–H and O–H groups in total. The largest absolute Gasteiger partial charge is 0.487 e. The normalized spacial score (nSPS) is 16.8. The van der Waals surface area contributed by atoms with Gasteiger partial charge in [-0.15, -0.1) is 0 Å². The summed E-state index contributed by atoms with van der Waals surface area (Å²) in [4.78, 5) is 26.5. The van der Waals surface area contributed by atoms with Crippen LogP contribution >= 0.6 is 0 Å². The first kappa shape index (κ1) is 29.4. The summed E-state index contributed by atoms with van der Waals surface area (Å²) in [5.74, 6) is 0.104. The van der Waals surface area contributed by atoms with Crippen LogP contribution in [-0.2, 0) is 36.0 Å². The zero-order valence-electron chi connectivity index (χ0n) is 24.8. The highest BCUT2D eigenvalue weighted by Crippen LogP contribution is 2.36. The number of fused-ring (bicyclic) bond motifs is 1. The van der Waals surface area contributed by atoms with Gasteiger partial charge in [-0.3, -0.25) is 9.59 Å². The number of carbonyl (C=O) groups excluding carboxylic acids is 1. The molecular formula is C35H43NO4. The number of hydrogen-bond donors (Lipinski definition) is 1. The van der Waals surface area contributed by atoms with Crippen molar-refractivity contribution in [1.82, 2.24) is 4.90 Å². The van der Waals surface area contributed by atoms with E-state index in [9.17, 15) is 14.7 Å². The Morgan fingerprint density at radius 3 is 2.17 bits per heavy atom. The maximum atomic E-state index is 13.5. The number of amides is 1. The maximum Gasteiger partial charge on any atom is 0.323 e. The Balaban J connectivity index is 1.46. The molecule has 0 bridgehead atoms. The summed E-state index contributed by atoms with van der Waals surface area (Å²) < 4.78 is 6.49. The Bertz CT molecular complexity index is 1340. The highest BCUT2D eigenvalue weighted by atomic mass is 16.5. The Kier molecular flexibility index (Phi) is 8.72. The van der Waals surface area contributed by atoms with Gasteiger partial charge in [-0.2, -0.15) is 0 Å². The highest BCUT2D eigenvalue weighted by Gasteiger charge is 2.32. The van der Waals surface area contributed by atoms with E-state index >= 15 is 0 Å². The SMILES string of the molecule is CC(C)Cc1ccc(C[C@@]2(C)CCc3cc(C(=O)N(CC(=O)O)Cc4ccc(C(C)(C)C)cc4)ccc3O2)cc1. The molecule has 0 fully saturated rings. The van der Waals surface area contributed by atoms with Crippen LogP contribution in [0.3, 0.4) is 0 Å². The summed E-state index contributed by atoms with van der Waals surface area (Å²) >= 11 is 0. The van der Waals surface area contributed by atoms with Crippen molar-refractivity contribution < 1.29 is 19.4 Å². The van der Waals surface area contributed by atoms with Crippen LogP contribution in [-0.4, -0.2) is 34.0 Å². The highest BCUT2D eigenvalue weighted by molar-refractivity contribution is 5.96. The topological polar surface area (TPSA) is 66.8 Å². The van der Waals surface area contributed by atoms with Gasteiger partial charge in [-0.05, 0) is 83.5 Å². The monoisotopic (exact) mass is 541 g/mol. The molecule has 1 amide bonds. The van der Waals surface area contributed by atoms with Gasteiger partial charge in [0.2, 0.25) is 0 Å². The summed E-state index contributed by atoms with van der Waals surface area (Å²) in [5.41, 5.74) is 5.87. The second kappa shape index (κ2) is 11.9. The van der Waals surface area contributed by atoms with Gasteiger partial charge >= 0.3 is 5.97 Å². The number of rotatable bonds is 9. The van der Waals surface area contributed by atoms with Crippen LogP contribution in [0.5, 0.6) is 5.75 Å². The van der Waals surface area contributed by atoms with Gasteiger partial charge in [0, 0.05) is 18.5 Å². The number of nitrogens with zero attached hydrogens (tertiary/aromatic N) is 1. The van der Waals surface area contributed by atoms with Crippen molar-refractivity contribution in [3.05, 3.63) is 100 Å². The van der Waals surface area contributed by atoms with Gasteiger partial charge < -0.3 is 14.7 Å². The Labute approximate surface area is 239 Å². The molecule has 1 aliphatic heterocycles. The molecule has 4 rings (SSSR count). The van der Waals surface area contributed by atoms with Gasteiger partial charge in [-0.1, -0.05) is 83.1 Å². The van der Waals surface area contributed by atoms with Crippen LogP contribution in [0.1, 0.15) is 86.1 Å². The summed E-state index contributed by atoms with van der Waals surface area (Å²) in [6, 6.07) is 22.4. The van der Waals surface area contributed by atoms with E-state index in [1.54, 1.807) is 6.07 Å². The molecule has 0 radical (unpaired) electrons. The van der Waals surface area contributed by atoms with E-state index < -0.39 is 5.97 Å². The second-order valence-electron chi connectivity index (χ2n) is 13.0. The van der Waals surface area contributed by atoms with Crippen molar-refractivity contribution in [3.8, 4) is 5.75 Å². The number of benzene rings is 3. The third kappa shape index (κ3) is 7.53. The van der Waals surface area contributed by atoms with E-state index in [-0.39, 0.29) is 30.0 Å². The van der Waals surface area contributed by atoms with E-state index in [1.807, 2.05) is 36.4 Å². The molecule has 1 heterocycles. The fourth-order valence-electron chi connectivity index (χ4n) is 5.42. The third-order valence-electron chi connectivity index (χ3n) is 7.64. The van der Waals surface area contributed by atoms with Crippen LogP contribution in [0.15, 0.2) is 66.7 Å². The Morgan fingerprint density at radius 1 is 0.950 bits per heavy atom. The smallest absolute Gasteiger partial charge is 0.323 e. The first-order valence-corrected chi connectivity index (χ1v) is 14.3.